The van der Waals surface area contributed by atoms with Crippen molar-refractivity contribution in [2.24, 2.45) is 0 Å². The Morgan fingerprint density at radius 3 is 1.75 bits per heavy atom. The first kappa shape index (κ1) is 21.5. The summed E-state index contributed by atoms with van der Waals surface area (Å²) in [5.74, 6) is 0.750. The lowest BCUT2D eigenvalue weighted by Gasteiger charge is -2.32. The third-order valence-corrected chi connectivity index (χ3v) is 5.51. The van der Waals surface area contributed by atoms with Crippen LogP contribution in [0.4, 0.5) is 9.59 Å². The fourth-order valence-electron chi connectivity index (χ4n) is 4.23. The predicted molar refractivity (Wildman–Crippen MR) is 120 cm³/mol. The van der Waals surface area contributed by atoms with Crippen molar-refractivity contribution in [3.63, 3.8) is 0 Å². The Bertz CT molecular complexity index is 1010. The minimum Gasteiger partial charge on any atom is -0.497 e. The third kappa shape index (κ3) is 3.70. The van der Waals surface area contributed by atoms with Gasteiger partial charge in [0.15, 0.2) is 0 Å². The van der Waals surface area contributed by atoms with Gasteiger partial charge in [-0.05, 0) is 48.3 Å². The quantitative estimate of drug-likeness (QED) is 0.641. The summed E-state index contributed by atoms with van der Waals surface area (Å²) in [4.78, 5) is 25.7. The van der Waals surface area contributed by atoms with Gasteiger partial charge in [0.25, 0.3) is 0 Å². The molecule has 0 aromatic heterocycles. The van der Waals surface area contributed by atoms with Gasteiger partial charge in [0.1, 0.15) is 5.75 Å². The molecular weight excluding hydrogens is 408 g/mol. The van der Waals surface area contributed by atoms with Crippen LogP contribution in [0.2, 0.25) is 0 Å². The van der Waals surface area contributed by atoms with Crippen molar-refractivity contribution >= 4 is 17.8 Å². The van der Waals surface area contributed by atoms with Crippen molar-refractivity contribution in [1.82, 2.24) is 10.0 Å². The minimum atomic E-state index is -0.586. The van der Waals surface area contributed by atoms with Crippen molar-refractivity contribution < 1.29 is 23.8 Å². The zero-order chi connectivity index (χ0) is 22.7. The number of ether oxygens (including phenoxy) is 3. The van der Waals surface area contributed by atoms with Crippen molar-refractivity contribution in [2.45, 2.75) is 25.9 Å². The van der Waals surface area contributed by atoms with E-state index in [1.54, 1.807) is 21.0 Å². The van der Waals surface area contributed by atoms with Crippen molar-refractivity contribution in [3.05, 3.63) is 83.4 Å². The monoisotopic (exact) mass is 434 g/mol. The molecule has 2 aromatic rings. The number of carbonyl (C=O) groups is 2. The van der Waals surface area contributed by atoms with Crippen LogP contribution in [-0.4, -0.2) is 54.6 Å². The first-order chi connectivity index (χ1) is 15.6. The molecule has 7 nitrogen and oxygen atoms in total. The van der Waals surface area contributed by atoms with Crippen LogP contribution in [-0.2, 0) is 9.47 Å². The first-order valence-electron chi connectivity index (χ1n) is 10.6. The highest BCUT2D eigenvalue weighted by Crippen LogP contribution is 2.44. The zero-order valence-corrected chi connectivity index (χ0v) is 18.4. The van der Waals surface area contributed by atoms with Crippen LogP contribution in [0, 0.1) is 0 Å². The maximum absolute atomic E-state index is 12.9. The molecule has 2 aromatic carbocycles. The van der Waals surface area contributed by atoms with E-state index in [9.17, 15) is 9.59 Å². The topological polar surface area (TPSA) is 68.3 Å². The highest BCUT2D eigenvalue weighted by atomic mass is 16.6. The molecule has 2 amide bonds. The van der Waals surface area contributed by atoms with Gasteiger partial charge in [-0.3, -0.25) is 0 Å². The van der Waals surface area contributed by atoms with Crippen molar-refractivity contribution in [3.8, 4) is 5.75 Å². The lowest BCUT2D eigenvalue weighted by atomic mass is 9.89. The number of hydrogen-bond donors (Lipinski definition) is 0. The van der Waals surface area contributed by atoms with E-state index in [-0.39, 0.29) is 13.2 Å². The van der Waals surface area contributed by atoms with Crippen LogP contribution >= 0.6 is 0 Å². The molecule has 7 heteroatoms. The molecule has 0 radical (unpaired) electrons. The molecule has 1 saturated heterocycles. The van der Waals surface area contributed by atoms with Crippen LogP contribution in [0.25, 0.3) is 5.57 Å². The number of nitrogens with zero attached hydrogens (tertiary/aromatic N) is 2. The molecule has 0 saturated carbocycles. The number of rotatable bonds is 5. The van der Waals surface area contributed by atoms with Gasteiger partial charge in [0.05, 0.1) is 32.4 Å². The Balaban J connectivity index is 1.90. The van der Waals surface area contributed by atoms with Gasteiger partial charge in [-0.2, -0.15) is 0 Å². The molecule has 32 heavy (non-hydrogen) atoms. The fraction of sp³-hybridized carbons (Fsp3) is 0.280. The van der Waals surface area contributed by atoms with Crippen LogP contribution < -0.4 is 4.74 Å². The van der Waals surface area contributed by atoms with E-state index >= 15 is 0 Å². The molecule has 0 spiro atoms. The molecule has 166 valence electrons. The Kier molecular flexibility index (Phi) is 6.16. The second kappa shape index (κ2) is 9.18. The van der Waals surface area contributed by atoms with Gasteiger partial charge in [0.2, 0.25) is 0 Å². The number of hydrogen-bond acceptors (Lipinski definition) is 5. The maximum Gasteiger partial charge on any atom is 0.429 e. The van der Waals surface area contributed by atoms with Crippen LogP contribution in [0.15, 0.2) is 72.3 Å². The summed E-state index contributed by atoms with van der Waals surface area (Å²) in [7, 11) is 1.63. The summed E-state index contributed by atoms with van der Waals surface area (Å²) in [6.07, 6.45) is 2.69. The van der Waals surface area contributed by atoms with Gasteiger partial charge in [-0.25, -0.2) is 19.6 Å². The van der Waals surface area contributed by atoms with E-state index in [2.05, 4.69) is 0 Å². The zero-order valence-electron chi connectivity index (χ0n) is 18.4. The van der Waals surface area contributed by atoms with Gasteiger partial charge in [-0.1, -0.05) is 54.6 Å². The Hall–Kier alpha value is -3.74. The average molecular weight is 434 g/mol. The number of methoxy groups -OCH3 is 1. The highest BCUT2D eigenvalue weighted by molar-refractivity contribution is 5.88. The number of hydrazine groups is 1. The Morgan fingerprint density at radius 1 is 0.781 bits per heavy atom. The van der Waals surface area contributed by atoms with E-state index in [1.807, 2.05) is 66.7 Å². The summed E-state index contributed by atoms with van der Waals surface area (Å²) in [5.41, 5.74) is 3.82. The summed E-state index contributed by atoms with van der Waals surface area (Å²) in [6.45, 7) is 3.88. The molecule has 2 aliphatic rings. The van der Waals surface area contributed by atoms with Crippen LogP contribution in [0.5, 0.6) is 5.75 Å². The normalized spacial score (nSPS) is 20.3. The largest absolute Gasteiger partial charge is 0.497 e. The van der Waals surface area contributed by atoms with Gasteiger partial charge < -0.3 is 14.2 Å². The molecule has 2 atom stereocenters. The van der Waals surface area contributed by atoms with E-state index in [0.717, 1.165) is 28.0 Å². The summed E-state index contributed by atoms with van der Waals surface area (Å²) in [5, 5.41) is 2.71. The lowest BCUT2D eigenvalue weighted by Crippen LogP contribution is -2.52. The van der Waals surface area contributed by atoms with Crippen molar-refractivity contribution in [1.29, 1.82) is 0 Å². The number of carbonyl (C=O) groups excluding carboxylic acids is 2. The fourth-order valence-corrected chi connectivity index (χ4v) is 4.23. The third-order valence-electron chi connectivity index (χ3n) is 5.51. The van der Waals surface area contributed by atoms with E-state index in [1.165, 1.54) is 10.0 Å². The van der Waals surface area contributed by atoms with Crippen LogP contribution in [0.1, 0.15) is 25.0 Å². The van der Waals surface area contributed by atoms with Crippen molar-refractivity contribution in [2.75, 3.05) is 20.3 Å². The van der Waals surface area contributed by atoms with E-state index in [0.29, 0.717) is 0 Å². The summed E-state index contributed by atoms with van der Waals surface area (Å²) < 4.78 is 15.9. The molecule has 0 unspecified atom stereocenters. The predicted octanol–water partition coefficient (Wildman–Crippen LogP) is 4.65. The molecule has 1 heterocycles. The Labute approximate surface area is 187 Å². The number of amides is 2. The Morgan fingerprint density at radius 2 is 1.28 bits per heavy atom. The molecule has 1 aliphatic heterocycles. The van der Waals surface area contributed by atoms with Gasteiger partial charge >= 0.3 is 12.2 Å². The first-order valence-corrected chi connectivity index (χ1v) is 10.6. The minimum absolute atomic E-state index is 0.205. The van der Waals surface area contributed by atoms with Gasteiger partial charge in [0, 0.05) is 0 Å². The molecular formula is C25H26N2O5. The molecule has 2 bridgehead atoms. The second-order valence-electron chi connectivity index (χ2n) is 7.29. The summed E-state index contributed by atoms with van der Waals surface area (Å²) >= 11 is 0. The smallest absolute Gasteiger partial charge is 0.429 e. The molecule has 4 rings (SSSR count). The van der Waals surface area contributed by atoms with Gasteiger partial charge in [-0.15, -0.1) is 0 Å². The molecule has 1 aliphatic carbocycles. The summed E-state index contributed by atoms with van der Waals surface area (Å²) in [6, 6.07) is 16.8. The van der Waals surface area contributed by atoms with Crippen LogP contribution in [0.3, 0.4) is 0 Å². The lowest BCUT2D eigenvalue weighted by molar-refractivity contribution is -0.0130. The molecule has 0 N–H and O–H groups in total. The SMILES string of the molecule is CCOC(=O)N1[C@@H]2C=C[C@@H](C2=C(c2ccccc2)c2ccc(OC)cc2)N1C(=O)OCC. The number of fused-ring (bicyclic) bond motifs is 2. The number of benzene rings is 2. The molecule has 1 fully saturated rings. The van der Waals surface area contributed by atoms with E-state index < -0.39 is 24.3 Å². The standard InChI is InChI=1S/C25H26N2O5/c1-4-31-24(28)26-20-15-16-21(27(26)25(29)32-5-2)23(20)22(17-9-7-6-8-10-17)18-11-13-19(30-3)14-12-18/h6-16,20-21H,4-5H2,1-3H3/t20-,21+. The highest BCUT2D eigenvalue weighted by Gasteiger charge is 2.52. The van der Waals surface area contributed by atoms with E-state index in [4.69, 9.17) is 14.2 Å². The second-order valence-corrected chi connectivity index (χ2v) is 7.29. The maximum atomic E-state index is 12.9. The average Bonchev–Trinajstić information content (AvgIpc) is 3.37.